The molecule has 7 nitrogen and oxygen atoms in total. The van der Waals surface area contributed by atoms with Crippen LogP contribution in [-0.4, -0.2) is 64.6 Å². The molecule has 1 amide bonds. The Morgan fingerprint density at radius 3 is 2.67 bits per heavy atom. The topological polar surface area (TPSA) is 67.8 Å². The Hall–Kier alpha value is -2.51. The van der Waals surface area contributed by atoms with Crippen molar-refractivity contribution < 1.29 is 14.3 Å². The van der Waals surface area contributed by atoms with Crippen LogP contribution in [-0.2, 0) is 16.1 Å². The van der Waals surface area contributed by atoms with Gasteiger partial charge in [-0.05, 0) is 23.8 Å². The number of hydrogen-bond donors (Lipinski definition) is 0. The average Bonchev–Trinajstić information content (AvgIpc) is 2.94. The van der Waals surface area contributed by atoms with Gasteiger partial charge in [0.2, 0.25) is 5.91 Å². The van der Waals surface area contributed by atoms with Gasteiger partial charge < -0.3 is 14.4 Å². The molecule has 2 atom stereocenters. The Labute approximate surface area is 158 Å². The van der Waals surface area contributed by atoms with Crippen molar-refractivity contribution in [3.63, 3.8) is 0 Å². The average molecular weight is 368 g/mol. The van der Waals surface area contributed by atoms with Gasteiger partial charge >= 0.3 is 6.01 Å². The summed E-state index contributed by atoms with van der Waals surface area (Å²) >= 11 is 0. The minimum absolute atomic E-state index is 0.151. The Bertz CT molecular complexity index is 769. The fourth-order valence-corrected chi connectivity index (χ4v) is 3.72. The Morgan fingerprint density at radius 1 is 1.15 bits per heavy atom. The van der Waals surface area contributed by atoms with Crippen molar-refractivity contribution in [2.45, 2.75) is 19.5 Å². The molecule has 2 aromatic rings. The second kappa shape index (κ2) is 8.02. The van der Waals surface area contributed by atoms with Crippen LogP contribution in [0, 0.1) is 5.92 Å². The zero-order valence-corrected chi connectivity index (χ0v) is 15.5. The summed E-state index contributed by atoms with van der Waals surface area (Å²) in [7, 11) is 0. The van der Waals surface area contributed by atoms with E-state index in [-0.39, 0.29) is 11.9 Å². The van der Waals surface area contributed by atoms with E-state index in [1.54, 1.807) is 25.4 Å². The molecule has 0 aliphatic carbocycles. The van der Waals surface area contributed by atoms with Crippen LogP contribution in [0.4, 0.5) is 0 Å². The second-order valence-electron chi connectivity index (χ2n) is 7.19. The number of rotatable bonds is 4. The lowest BCUT2D eigenvalue weighted by Crippen LogP contribution is -2.44. The molecule has 2 aliphatic rings. The largest absolute Gasteiger partial charge is 0.424 e. The molecule has 0 spiro atoms. The molecule has 0 saturated carbocycles. The standard InChI is InChI=1S/C20H24N4O3/c1-15(25)23-10-17-11-24(18(12-23)14-26-13-17)9-16-3-5-19(6-4-16)27-20-21-7-2-8-22-20/h2-8,17-18H,9-14H2,1H3/t17-,18-/m0/s1. The van der Waals surface area contributed by atoms with E-state index in [0.717, 1.165) is 32.8 Å². The van der Waals surface area contributed by atoms with Gasteiger partial charge in [0.15, 0.2) is 0 Å². The van der Waals surface area contributed by atoms with E-state index in [0.29, 0.717) is 24.3 Å². The highest BCUT2D eigenvalue weighted by atomic mass is 16.5. The zero-order chi connectivity index (χ0) is 18.6. The third-order valence-electron chi connectivity index (χ3n) is 5.09. The van der Waals surface area contributed by atoms with E-state index in [9.17, 15) is 4.79 Å². The van der Waals surface area contributed by atoms with Gasteiger partial charge in [-0.1, -0.05) is 12.1 Å². The van der Waals surface area contributed by atoms with Gasteiger partial charge in [0.05, 0.1) is 19.3 Å². The van der Waals surface area contributed by atoms with Crippen molar-refractivity contribution in [3.8, 4) is 11.8 Å². The summed E-state index contributed by atoms with van der Waals surface area (Å²) in [6.07, 6.45) is 3.31. The van der Waals surface area contributed by atoms with Crippen LogP contribution in [0.5, 0.6) is 11.8 Å². The van der Waals surface area contributed by atoms with E-state index in [4.69, 9.17) is 9.47 Å². The van der Waals surface area contributed by atoms with Crippen LogP contribution < -0.4 is 4.74 Å². The normalized spacial score (nSPS) is 22.9. The molecule has 2 aliphatic heterocycles. The van der Waals surface area contributed by atoms with Gasteiger partial charge in [0, 0.05) is 51.4 Å². The van der Waals surface area contributed by atoms with Crippen molar-refractivity contribution in [2.75, 3.05) is 32.8 Å². The SMILES string of the molecule is CC(=O)N1C[C@@H]2COC[C@H](C1)N(Cc1ccc(Oc3ncccn3)cc1)C2. The number of carbonyl (C=O) groups excluding carboxylic acids is 1. The van der Waals surface area contributed by atoms with Crippen molar-refractivity contribution in [1.82, 2.24) is 19.8 Å². The van der Waals surface area contributed by atoms with Crippen LogP contribution in [0.1, 0.15) is 12.5 Å². The fourth-order valence-electron chi connectivity index (χ4n) is 3.72. The number of aromatic nitrogens is 2. The van der Waals surface area contributed by atoms with Gasteiger partial charge in [0.25, 0.3) is 0 Å². The third kappa shape index (κ3) is 4.43. The van der Waals surface area contributed by atoms with E-state index >= 15 is 0 Å². The van der Waals surface area contributed by atoms with Gasteiger partial charge in [0.1, 0.15) is 5.75 Å². The molecule has 0 radical (unpaired) electrons. The van der Waals surface area contributed by atoms with E-state index < -0.39 is 0 Å². The first-order valence-electron chi connectivity index (χ1n) is 9.28. The highest BCUT2D eigenvalue weighted by Gasteiger charge is 2.34. The molecule has 4 rings (SSSR count). The van der Waals surface area contributed by atoms with Crippen LogP contribution in [0.2, 0.25) is 0 Å². The monoisotopic (exact) mass is 368 g/mol. The van der Waals surface area contributed by atoms with E-state index in [1.165, 1.54) is 5.56 Å². The van der Waals surface area contributed by atoms with Crippen molar-refractivity contribution in [3.05, 3.63) is 48.3 Å². The minimum atomic E-state index is 0.151. The van der Waals surface area contributed by atoms with E-state index in [2.05, 4.69) is 27.0 Å². The third-order valence-corrected chi connectivity index (χ3v) is 5.09. The lowest BCUT2D eigenvalue weighted by atomic mass is 10.1. The lowest BCUT2D eigenvalue weighted by Gasteiger charge is -2.30. The predicted octanol–water partition coefficient (Wildman–Crippen LogP) is 1.95. The maximum atomic E-state index is 11.9. The van der Waals surface area contributed by atoms with Crippen molar-refractivity contribution in [2.24, 2.45) is 5.92 Å². The molecular formula is C20H24N4O3. The number of fused-ring (bicyclic) bond motifs is 3. The van der Waals surface area contributed by atoms with Gasteiger partial charge in [-0.3, -0.25) is 9.69 Å². The maximum absolute atomic E-state index is 11.9. The predicted molar refractivity (Wildman–Crippen MR) is 99.3 cm³/mol. The quantitative estimate of drug-likeness (QED) is 0.822. The molecule has 27 heavy (non-hydrogen) atoms. The maximum Gasteiger partial charge on any atom is 0.321 e. The lowest BCUT2D eigenvalue weighted by molar-refractivity contribution is -0.130. The summed E-state index contributed by atoms with van der Waals surface area (Å²) in [4.78, 5) is 24.4. The van der Waals surface area contributed by atoms with Crippen LogP contribution in [0.15, 0.2) is 42.7 Å². The van der Waals surface area contributed by atoms with Gasteiger partial charge in [-0.15, -0.1) is 0 Å². The first kappa shape index (κ1) is 17.9. The number of benzene rings is 1. The molecular weight excluding hydrogens is 344 g/mol. The summed E-state index contributed by atoms with van der Waals surface area (Å²) in [6.45, 7) is 6.35. The first-order chi connectivity index (χ1) is 13.2. The Morgan fingerprint density at radius 2 is 1.93 bits per heavy atom. The molecule has 0 unspecified atom stereocenters. The highest BCUT2D eigenvalue weighted by molar-refractivity contribution is 5.73. The van der Waals surface area contributed by atoms with Gasteiger partial charge in [-0.25, -0.2) is 9.97 Å². The Balaban J connectivity index is 1.43. The summed E-state index contributed by atoms with van der Waals surface area (Å²) < 4.78 is 11.5. The second-order valence-corrected chi connectivity index (χ2v) is 7.19. The number of nitrogens with zero attached hydrogens (tertiary/aromatic N) is 4. The zero-order valence-electron chi connectivity index (χ0n) is 15.5. The van der Waals surface area contributed by atoms with Crippen LogP contribution >= 0.6 is 0 Å². The molecule has 142 valence electrons. The number of carbonyl (C=O) groups is 1. The fraction of sp³-hybridized carbons (Fsp3) is 0.450. The van der Waals surface area contributed by atoms with Crippen molar-refractivity contribution >= 4 is 5.91 Å². The van der Waals surface area contributed by atoms with Gasteiger partial charge in [-0.2, -0.15) is 0 Å². The molecule has 7 heteroatoms. The molecule has 2 bridgehead atoms. The molecule has 2 fully saturated rings. The smallest absolute Gasteiger partial charge is 0.321 e. The molecule has 1 aromatic heterocycles. The van der Waals surface area contributed by atoms with Crippen LogP contribution in [0.25, 0.3) is 0 Å². The summed E-state index contributed by atoms with van der Waals surface area (Å²) in [5, 5.41) is 0. The molecule has 3 heterocycles. The molecule has 0 N–H and O–H groups in total. The summed E-state index contributed by atoms with van der Waals surface area (Å²) in [5.74, 6) is 1.23. The highest BCUT2D eigenvalue weighted by Crippen LogP contribution is 2.23. The van der Waals surface area contributed by atoms with Crippen molar-refractivity contribution in [1.29, 1.82) is 0 Å². The molecule has 1 aromatic carbocycles. The molecule has 2 saturated heterocycles. The summed E-state index contributed by atoms with van der Waals surface area (Å²) in [6, 6.07) is 10.3. The number of amides is 1. The number of ether oxygens (including phenoxy) is 2. The minimum Gasteiger partial charge on any atom is -0.424 e. The van der Waals surface area contributed by atoms with Crippen LogP contribution in [0.3, 0.4) is 0 Å². The number of hydrogen-bond acceptors (Lipinski definition) is 6. The summed E-state index contributed by atoms with van der Waals surface area (Å²) in [5.41, 5.74) is 1.21. The first-order valence-corrected chi connectivity index (χ1v) is 9.28. The van der Waals surface area contributed by atoms with E-state index in [1.807, 2.05) is 17.0 Å². The Kier molecular flexibility index (Phi) is 5.31.